The molecule has 2 aromatic rings. The Morgan fingerprint density at radius 3 is 2.50 bits per heavy atom. The molecule has 1 fully saturated rings. The Morgan fingerprint density at radius 2 is 1.78 bits per heavy atom. The lowest BCUT2D eigenvalue weighted by molar-refractivity contribution is 0.313. The molecule has 0 atom stereocenters. The third kappa shape index (κ3) is 4.92. The predicted molar refractivity (Wildman–Crippen MR) is 137 cm³/mol. The molecule has 0 unspecified atom stereocenters. The quantitative estimate of drug-likeness (QED) is 0.682. The highest BCUT2D eigenvalue weighted by atomic mass is 15.2. The lowest BCUT2D eigenvalue weighted by Gasteiger charge is -2.34. The predicted octanol–water partition coefficient (Wildman–Crippen LogP) is 4.05. The number of rotatable bonds is 6. The fraction of sp³-hybridized carbons (Fsp3) is 0.308. The summed E-state index contributed by atoms with van der Waals surface area (Å²) in [7, 11) is 2.18. The van der Waals surface area contributed by atoms with Gasteiger partial charge in [-0.2, -0.15) is 0 Å². The molecule has 6 heteroatoms. The summed E-state index contributed by atoms with van der Waals surface area (Å²) in [4.78, 5) is 13.6. The molecule has 2 aromatic carbocycles. The van der Waals surface area contributed by atoms with Crippen LogP contribution in [0.1, 0.15) is 16.7 Å². The molecule has 2 heterocycles. The first-order valence-corrected chi connectivity index (χ1v) is 11.1. The van der Waals surface area contributed by atoms with E-state index >= 15 is 0 Å². The van der Waals surface area contributed by atoms with Gasteiger partial charge < -0.3 is 20.4 Å². The van der Waals surface area contributed by atoms with Crippen molar-refractivity contribution in [3.05, 3.63) is 77.1 Å². The summed E-state index contributed by atoms with van der Waals surface area (Å²) in [5, 5.41) is 6.91. The van der Waals surface area contributed by atoms with Crippen LogP contribution in [0.2, 0.25) is 0 Å². The Bertz CT molecular complexity index is 1050. The Labute approximate surface area is 191 Å². The van der Waals surface area contributed by atoms with Crippen LogP contribution in [0.4, 0.5) is 11.4 Å². The van der Waals surface area contributed by atoms with Gasteiger partial charge in [-0.05, 0) is 63.0 Å². The summed E-state index contributed by atoms with van der Waals surface area (Å²) < 4.78 is 0. The van der Waals surface area contributed by atoms with E-state index in [4.69, 9.17) is 4.99 Å². The molecule has 0 aromatic heterocycles. The highest BCUT2D eigenvalue weighted by molar-refractivity contribution is 6.16. The molecule has 0 amide bonds. The Balaban J connectivity index is 1.48. The number of aliphatic imine (C=N–C) groups is 2. The summed E-state index contributed by atoms with van der Waals surface area (Å²) in [6.45, 7) is 12.7. The summed E-state index contributed by atoms with van der Waals surface area (Å²) in [5.74, 6) is 0. The van der Waals surface area contributed by atoms with E-state index in [-0.39, 0.29) is 0 Å². The van der Waals surface area contributed by atoms with E-state index in [1.165, 1.54) is 22.4 Å². The standard InChI is InChI=1S/C26H32N6/c1-19-7-5-8-20(2)26(19)24-16-23(25(30-24)17-27-3)29-18-28-21-9-6-10-22(15-21)32-13-11-31(4)12-14-32/h5-10,15-17,28,30H,3,11-14,18H2,1-2,4H3/b25-17+,29-23?. The third-order valence-corrected chi connectivity index (χ3v) is 6.04. The number of hydrogen-bond acceptors (Lipinski definition) is 6. The van der Waals surface area contributed by atoms with E-state index in [0.29, 0.717) is 6.67 Å². The van der Waals surface area contributed by atoms with Crippen molar-refractivity contribution in [3.8, 4) is 0 Å². The van der Waals surface area contributed by atoms with E-state index in [9.17, 15) is 0 Å². The lowest BCUT2D eigenvalue weighted by Crippen LogP contribution is -2.44. The molecule has 166 valence electrons. The van der Waals surface area contributed by atoms with Gasteiger partial charge in [-0.15, -0.1) is 0 Å². The molecule has 6 nitrogen and oxygen atoms in total. The maximum atomic E-state index is 4.80. The first kappa shape index (κ1) is 21.8. The van der Waals surface area contributed by atoms with Crippen LogP contribution in [-0.2, 0) is 0 Å². The van der Waals surface area contributed by atoms with Crippen molar-refractivity contribution in [2.75, 3.05) is 50.1 Å². The van der Waals surface area contributed by atoms with Gasteiger partial charge >= 0.3 is 0 Å². The fourth-order valence-corrected chi connectivity index (χ4v) is 4.25. The minimum Gasteiger partial charge on any atom is -0.369 e. The Hall–Kier alpha value is -3.38. The zero-order valence-electron chi connectivity index (χ0n) is 19.2. The molecular formula is C26H32N6. The van der Waals surface area contributed by atoms with E-state index in [0.717, 1.165) is 49.0 Å². The van der Waals surface area contributed by atoms with Gasteiger partial charge in [0.1, 0.15) is 6.67 Å². The first-order chi connectivity index (χ1) is 15.5. The Kier molecular flexibility index (Phi) is 6.71. The maximum Gasteiger partial charge on any atom is 0.108 e. The van der Waals surface area contributed by atoms with Crippen LogP contribution in [0.3, 0.4) is 0 Å². The highest BCUT2D eigenvalue weighted by Crippen LogP contribution is 2.26. The third-order valence-electron chi connectivity index (χ3n) is 6.04. The topological polar surface area (TPSA) is 55.3 Å². The van der Waals surface area contributed by atoms with Gasteiger partial charge in [-0.1, -0.05) is 24.3 Å². The summed E-state index contributed by atoms with van der Waals surface area (Å²) in [6, 6.07) is 14.9. The van der Waals surface area contributed by atoms with Crippen LogP contribution in [0, 0.1) is 13.8 Å². The average Bonchev–Trinajstić information content (AvgIpc) is 3.17. The van der Waals surface area contributed by atoms with Crippen molar-refractivity contribution in [1.29, 1.82) is 0 Å². The van der Waals surface area contributed by atoms with Gasteiger partial charge in [0.25, 0.3) is 0 Å². The number of piperazine rings is 1. The van der Waals surface area contributed by atoms with Gasteiger partial charge in [0.05, 0.1) is 17.6 Å². The monoisotopic (exact) mass is 428 g/mol. The van der Waals surface area contributed by atoms with Gasteiger partial charge in [0.15, 0.2) is 0 Å². The van der Waals surface area contributed by atoms with Crippen molar-refractivity contribution >= 4 is 29.5 Å². The average molecular weight is 429 g/mol. The number of aryl methyl sites for hydroxylation is 2. The molecule has 0 saturated carbocycles. The second-order valence-corrected chi connectivity index (χ2v) is 8.39. The highest BCUT2D eigenvalue weighted by Gasteiger charge is 2.20. The van der Waals surface area contributed by atoms with Crippen LogP contribution in [0.5, 0.6) is 0 Å². The minimum atomic E-state index is 0.480. The van der Waals surface area contributed by atoms with Gasteiger partial charge in [-0.3, -0.25) is 9.98 Å². The first-order valence-electron chi connectivity index (χ1n) is 11.1. The molecule has 0 bridgehead atoms. The summed E-state index contributed by atoms with van der Waals surface area (Å²) >= 11 is 0. The maximum absolute atomic E-state index is 4.80. The zero-order chi connectivity index (χ0) is 22.5. The van der Waals surface area contributed by atoms with Crippen molar-refractivity contribution < 1.29 is 0 Å². The SMILES string of the molecule is C=N/C=C1/NC(c2c(C)cccc2C)=CC1=NCNc1cccc(N2CCN(C)CC2)c1. The minimum absolute atomic E-state index is 0.480. The van der Waals surface area contributed by atoms with Crippen molar-refractivity contribution in [3.63, 3.8) is 0 Å². The van der Waals surface area contributed by atoms with Crippen LogP contribution in [0.25, 0.3) is 5.70 Å². The molecule has 0 aliphatic carbocycles. The van der Waals surface area contributed by atoms with E-state index in [1.54, 1.807) is 6.20 Å². The normalized spacial score (nSPS) is 19.2. The largest absolute Gasteiger partial charge is 0.369 e. The molecule has 0 spiro atoms. The van der Waals surface area contributed by atoms with Crippen LogP contribution < -0.4 is 15.5 Å². The molecular weight excluding hydrogens is 396 g/mol. The number of allylic oxidation sites excluding steroid dienone is 1. The molecule has 2 aliphatic rings. The van der Waals surface area contributed by atoms with E-state index in [2.05, 4.69) is 102 Å². The van der Waals surface area contributed by atoms with Crippen molar-refractivity contribution in [1.82, 2.24) is 10.2 Å². The van der Waals surface area contributed by atoms with E-state index in [1.807, 2.05) is 0 Å². The molecule has 1 saturated heterocycles. The van der Waals surface area contributed by atoms with Gasteiger partial charge in [-0.25, -0.2) is 0 Å². The van der Waals surface area contributed by atoms with Gasteiger partial charge in [0.2, 0.25) is 0 Å². The number of hydrogen-bond donors (Lipinski definition) is 2. The van der Waals surface area contributed by atoms with Crippen LogP contribution >= 0.6 is 0 Å². The summed E-state index contributed by atoms with van der Waals surface area (Å²) in [5.41, 5.74) is 8.79. The number of benzene rings is 2. The van der Waals surface area contributed by atoms with Crippen LogP contribution in [-0.4, -0.2) is 57.2 Å². The Morgan fingerprint density at radius 1 is 1.06 bits per heavy atom. The van der Waals surface area contributed by atoms with Gasteiger partial charge in [0, 0.05) is 48.8 Å². The fourth-order valence-electron chi connectivity index (χ4n) is 4.25. The molecule has 2 N–H and O–H groups in total. The lowest BCUT2D eigenvalue weighted by atomic mass is 10.0. The number of nitrogens with zero attached hydrogens (tertiary/aromatic N) is 4. The number of nitrogens with one attached hydrogen (secondary N) is 2. The second kappa shape index (κ2) is 9.83. The molecule has 4 rings (SSSR count). The number of likely N-dealkylation sites (N-methyl/N-ethyl adjacent to an activating group) is 1. The van der Waals surface area contributed by atoms with Crippen LogP contribution in [0.15, 0.2) is 70.4 Å². The smallest absolute Gasteiger partial charge is 0.108 e. The molecule has 32 heavy (non-hydrogen) atoms. The van der Waals surface area contributed by atoms with E-state index < -0.39 is 0 Å². The molecule has 2 aliphatic heterocycles. The van der Waals surface area contributed by atoms with Crippen molar-refractivity contribution in [2.24, 2.45) is 9.98 Å². The second-order valence-electron chi connectivity index (χ2n) is 8.39. The zero-order valence-corrected chi connectivity index (χ0v) is 19.2. The number of anilines is 2. The summed E-state index contributed by atoms with van der Waals surface area (Å²) in [6.07, 6.45) is 3.82. The van der Waals surface area contributed by atoms with Crippen molar-refractivity contribution in [2.45, 2.75) is 13.8 Å². The molecule has 0 radical (unpaired) electrons.